The van der Waals surface area contributed by atoms with E-state index in [4.69, 9.17) is 16.0 Å². The first-order chi connectivity index (χ1) is 11.0. The van der Waals surface area contributed by atoms with E-state index in [0.29, 0.717) is 10.7 Å². The lowest BCUT2D eigenvalue weighted by atomic mass is 10.3. The van der Waals surface area contributed by atoms with Gasteiger partial charge in [0.1, 0.15) is 5.69 Å². The first-order valence-corrected chi connectivity index (χ1v) is 8.40. The number of nitrogens with one attached hydrogen (secondary N) is 1. The Labute approximate surface area is 137 Å². The Morgan fingerprint density at radius 3 is 2.57 bits per heavy atom. The van der Waals surface area contributed by atoms with Gasteiger partial charge >= 0.3 is 0 Å². The summed E-state index contributed by atoms with van der Waals surface area (Å²) >= 11 is 5.74. The van der Waals surface area contributed by atoms with Crippen LogP contribution in [-0.2, 0) is 16.6 Å². The fourth-order valence-electron chi connectivity index (χ4n) is 1.77. The Bertz CT molecular complexity index is 895. The van der Waals surface area contributed by atoms with Gasteiger partial charge in [0.25, 0.3) is 5.89 Å². The molecule has 9 heteroatoms. The van der Waals surface area contributed by atoms with E-state index in [1.807, 2.05) is 0 Å². The predicted octanol–water partition coefficient (Wildman–Crippen LogP) is 2.26. The third-order valence-electron chi connectivity index (χ3n) is 2.89. The highest BCUT2D eigenvalue weighted by Gasteiger charge is 2.16. The summed E-state index contributed by atoms with van der Waals surface area (Å²) in [5.74, 6) is 0.370. The SMILES string of the molecule is O=S(=O)(NCc1nnc(-c2ccccn2)o1)c1ccc(Cl)cc1. The van der Waals surface area contributed by atoms with Gasteiger partial charge in [-0.3, -0.25) is 4.98 Å². The maximum atomic E-state index is 12.1. The largest absolute Gasteiger partial charge is 0.418 e. The average molecular weight is 351 g/mol. The minimum Gasteiger partial charge on any atom is -0.418 e. The molecule has 0 spiro atoms. The Morgan fingerprint density at radius 1 is 1.09 bits per heavy atom. The van der Waals surface area contributed by atoms with Crippen LogP contribution in [0.3, 0.4) is 0 Å². The monoisotopic (exact) mass is 350 g/mol. The van der Waals surface area contributed by atoms with Gasteiger partial charge in [-0.15, -0.1) is 10.2 Å². The van der Waals surface area contributed by atoms with Crippen LogP contribution in [0.4, 0.5) is 0 Å². The molecule has 0 aliphatic rings. The van der Waals surface area contributed by atoms with E-state index in [1.54, 1.807) is 24.4 Å². The average Bonchev–Trinajstić information content (AvgIpc) is 3.03. The zero-order chi connectivity index (χ0) is 16.3. The second kappa shape index (κ2) is 6.45. The number of aromatic nitrogens is 3. The summed E-state index contributed by atoms with van der Waals surface area (Å²) < 4.78 is 32.1. The summed E-state index contributed by atoms with van der Waals surface area (Å²) in [4.78, 5) is 4.18. The number of nitrogens with zero attached hydrogens (tertiary/aromatic N) is 3. The van der Waals surface area contributed by atoms with E-state index >= 15 is 0 Å². The summed E-state index contributed by atoms with van der Waals surface area (Å²) in [6, 6.07) is 11.1. The Morgan fingerprint density at radius 2 is 1.87 bits per heavy atom. The number of pyridine rings is 1. The number of hydrogen-bond acceptors (Lipinski definition) is 6. The summed E-state index contributed by atoms with van der Waals surface area (Å²) in [6.45, 7) is -0.120. The number of sulfonamides is 1. The van der Waals surface area contributed by atoms with E-state index in [-0.39, 0.29) is 23.2 Å². The Kier molecular flexibility index (Phi) is 4.37. The van der Waals surface area contributed by atoms with Crippen molar-refractivity contribution >= 4 is 21.6 Å². The van der Waals surface area contributed by atoms with E-state index in [2.05, 4.69) is 19.9 Å². The van der Waals surface area contributed by atoms with Crippen LogP contribution in [0.5, 0.6) is 0 Å². The highest BCUT2D eigenvalue weighted by atomic mass is 35.5. The van der Waals surface area contributed by atoms with E-state index in [1.165, 1.54) is 24.3 Å². The van der Waals surface area contributed by atoms with Crippen LogP contribution >= 0.6 is 11.6 Å². The summed E-state index contributed by atoms with van der Waals surface area (Å²) in [5.41, 5.74) is 0.520. The molecule has 3 rings (SSSR count). The third-order valence-corrected chi connectivity index (χ3v) is 4.56. The molecule has 3 aromatic rings. The molecular formula is C14H11ClN4O3S. The van der Waals surface area contributed by atoms with Crippen molar-refractivity contribution < 1.29 is 12.8 Å². The number of hydrogen-bond donors (Lipinski definition) is 1. The molecule has 2 aromatic heterocycles. The lowest BCUT2D eigenvalue weighted by Gasteiger charge is -2.04. The topological polar surface area (TPSA) is 98.0 Å². The maximum Gasteiger partial charge on any atom is 0.266 e. The maximum absolute atomic E-state index is 12.1. The Balaban J connectivity index is 1.71. The molecule has 7 nitrogen and oxygen atoms in total. The standard InChI is InChI=1S/C14H11ClN4O3S/c15-10-4-6-11(7-5-10)23(20,21)17-9-13-18-19-14(22-13)12-3-1-2-8-16-12/h1-8,17H,9H2. The molecule has 1 aromatic carbocycles. The summed E-state index contributed by atoms with van der Waals surface area (Å²) in [6.07, 6.45) is 1.60. The second-order valence-electron chi connectivity index (χ2n) is 4.49. The van der Waals surface area contributed by atoms with Gasteiger partial charge in [0.15, 0.2) is 0 Å². The second-order valence-corrected chi connectivity index (χ2v) is 6.70. The fraction of sp³-hybridized carbons (Fsp3) is 0.0714. The minimum atomic E-state index is -3.68. The van der Waals surface area contributed by atoms with Crippen LogP contribution in [0.2, 0.25) is 5.02 Å². The molecule has 0 amide bonds. The molecule has 0 aliphatic carbocycles. The highest BCUT2D eigenvalue weighted by Crippen LogP contribution is 2.16. The van der Waals surface area contributed by atoms with E-state index in [9.17, 15) is 8.42 Å². The molecule has 0 saturated heterocycles. The zero-order valence-electron chi connectivity index (χ0n) is 11.7. The molecule has 0 aliphatic heterocycles. The van der Waals surface area contributed by atoms with Gasteiger partial charge in [0, 0.05) is 11.2 Å². The fourth-order valence-corrected chi connectivity index (χ4v) is 2.87. The van der Waals surface area contributed by atoms with Gasteiger partial charge < -0.3 is 4.42 Å². The smallest absolute Gasteiger partial charge is 0.266 e. The van der Waals surface area contributed by atoms with Gasteiger partial charge in [-0.1, -0.05) is 17.7 Å². The number of rotatable bonds is 5. The minimum absolute atomic E-state index is 0.103. The van der Waals surface area contributed by atoms with Crippen molar-refractivity contribution in [1.82, 2.24) is 19.9 Å². The van der Waals surface area contributed by atoms with Gasteiger partial charge in [-0.05, 0) is 36.4 Å². The van der Waals surface area contributed by atoms with Crippen LogP contribution in [0, 0.1) is 0 Å². The van der Waals surface area contributed by atoms with Gasteiger partial charge in [-0.2, -0.15) is 0 Å². The quantitative estimate of drug-likeness (QED) is 0.758. The summed E-state index contributed by atoms with van der Waals surface area (Å²) in [5, 5.41) is 8.10. The summed E-state index contributed by atoms with van der Waals surface area (Å²) in [7, 11) is -3.68. The molecule has 23 heavy (non-hydrogen) atoms. The molecule has 0 bridgehead atoms. The van der Waals surface area contributed by atoms with Gasteiger partial charge in [-0.25, -0.2) is 13.1 Å². The predicted molar refractivity (Wildman–Crippen MR) is 83.0 cm³/mol. The van der Waals surface area contributed by atoms with E-state index in [0.717, 1.165) is 0 Å². The van der Waals surface area contributed by atoms with Crippen molar-refractivity contribution in [3.63, 3.8) is 0 Å². The lowest BCUT2D eigenvalue weighted by molar-refractivity contribution is 0.493. The number of benzene rings is 1. The first-order valence-electron chi connectivity index (χ1n) is 6.53. The molecule has 1 N–H and O–H groups in total. The molecule has 0 atom stereocenters. The van der Waals surface area contributed by atoms with Gasteiger partial charge in [0.2, 0.25) is 15.9 Å². The van der Waals surface area contributed by atoms with E-state index < -0.39 is 10.0 Å². The molecule has 0 fully saturated rings. The molecule has 2 heterocycles. The van der Waals surface area contributed by atoms with Crippen LogP contribution in [0.25, 0.3) is 11.6 Å². The lowest BCUT2D eigenvalue weighted by Crippen LogP contribution is -2.23. The van der Waals surface area contributed by atoms with Crippen molar-refractivity contribution in [3.8, 4) is 11.6 Å². The molecule has 0 radical (unpaired) electrons. The van der Waals surface area contributed by atoms with Gasteiger partial charge in [0.05, 0.1) is 11.4 Å². The van der Waals surface area contributed by atoms with Crippen molar-refractivity contribution in [2.75, 3.05) is 0 Å². The third kappa shape index (κ3) is 3.73. The van der Waals surface area contributed by atoms with Crippen molar-refractivity contribution in [2.45, 2.75) is 11.4 Å². The van der Waals surface area contributed by atoms with Crippen LogP contribution < -0.4 is 4.72 Å². The molecule has 0 unspecified atom stereocenters. The van der Waals surface area contributed by atoms with Crippen LogP contribution in [0.15, 0.2) is 58.0 Å². The zero-order valence-corrected chi connectivity index (χ0v) is 13.3. The number of halogens is 1. The van der Waals surface area contributed by atoms with Crippen molar-refractivity contribution in [3.05, 3.63) is 59.6 Å². The first kappa shape index (κ1) is 15.6. The normalized spacial score (nSPS) is 11.5. The van der Waals surface area contributed by atoms with Crippen molar-refractivity contribution in [1.29, 1.82) is 0 Å². The van der Waals surface area contributed by atoms with Crippen LogP contribution in [-0.4, -0.2) is 23.6 Å². The molecular weight excluding hydrogens is 340 g/mol. The molecule has 0 saturated carbocycles. The van der Waals surface area contributed by atoms with Crippen LogP contribution in [0.1, 0.15) is 5.89 Å². The highest BCUT2D eigenvalue weighted by molar-refractivity contribution is 7.89. The molecule has 118 valence electrons. The Hall–Kier alpha value is -2.29. The van der Waals surface area contributed by atoms with Crippen molar-refractivity contribution in [2.24, 2.45) is 0 Å².